The van der Waals surface area contributed by atoms with E-state index in [0.29, 0.717) is 5.89 Å². The number of amides is 3. The van der Waals surface area contributed by atoms with E-state index in [9.17, 15) is 9.59 Å². The standard InChI is InChI=1S/C14H16N4O3S/c1-7-4-5-10(6-8(7)2)12-17-18-14(21-12)22-9(3)11(19)16-13(15)20/h4-6,9H,1-3H3,(H3,15,16,19,20)/t9-/m0/s1. The molecule has 3 N–H and O–H groups in total. The topological polar surface area (TPSA) is 111 Å². The number of hydrogen-bond donors (Lipinski definition) is 2. The maximum absolute atomic E-state index is 11.6. The molecule has 1 aromatic heterocycles. The van der Waals surface area contributed by atoms with Gasteiger partial charge in [0.25, 0.3) is 5.22 Å². The van der Waals surface area contributed by atoms with E-state index in [-0.39, 0.29) is 5.22 Å². The Morgan fingerprint density at radius 1 is 1.27 bits per heavy atom. The van der Waals surface area contributed by atoms with Crippen LogP contribution in [0.25, 0.3) is 11.5 Å². The highest BCUT2D eigenvalue weighted by atomic mass is 32.2. The van der Waals surface area contributed by atoms with Crippen LogP contribution in [0.5, 0.6) is 0 Å². The van der Waals surface area contributed by atoms with E-state index in [0.717, 1.165) is 22.9 Å². The lowest BCUT2D eigenvalue weighted by Crippen LogP contribution is -2.39. The second-order valence-electron chi connectivity index (χ2n) is 4.79. The lowest BCUT2D eigenvalue weighted by molar-refractivity contribution is -0.119. The number of imide groups is 1. The number of aryl methyl sites for hydroxylation is 2. The van der Waals surface area contributed by atoms with Crippen LogP contribution >= 0.6 is 11.8 Å². The summed E-state index contributed by atoms with van der Waals surface area (Å²) < 4.78 is 5.53. The molecule has 0 bridgehead atoms. The monoisotopic (exact) mass is 320 g/mol. The van der Waals surface area contributed by atoms with E-state index in [2.05, 4.69) is 10.2 Å². The molecule has 22 heavy (non-hydrogen) atoms. The van der Waals surface area contributed by atoms with Crippen LogP contribution in [0.3, 0.4) is 0 Å². The summed E-state index contributed by atoms with van der Waals surface area (Å²) in [5.41, 5.74) is 8.02. The van der Waals surface area contributed by atoms with Crippen molar-refractivity contribution in [3.63, 3.8) is 0 Å². The molecule has 0 saturated carbocycles. The zero-order valence-corrected chi connectivity index (χ0v) is 13.2. The van der Waals surface area contributed by atoms with Crippen LogP contribution in [0.15, 0.2) is 27.8 Å². The Morgan fingerprint density at radius 3 is 2.64 bits per heavy atom. The van der Waals surface area contributed by atoms with Gasteiger partial charge >= 0.3 is 6.03 Å². The Hall–Kier alpha value is -2.35. The molecule has 0 radical (unpaired) electrons. The number of aromatic nitrogens is 2. The van der Waals surface area contributed by atoms with Crippen molar-refractivity contribution in [3.05, 3.63) is 29.3 Å². The number of hydrogen-bond acceptors (Lipinski definition) is 6. The third-order valence-corrected chi connectivity index (χ3v) is 3.99. The third kappa shape index (κ3) is 3.85. The van der Waals surface area contributed by atoms with Crippen molar-refractivity contribution in [2.45, 2.75) is 31.2 Å². The molecule has 8 heteroatoms. The highest BCUT2D eigenvalue weighted by molar-refractivity contribution is 8.00. The van der Waals surface area contributed by atoms with Gasteiger partial charge in [0.2, 0.25) is 11.8 Å². The minimum atomic E-state index is -0.890. The van der Waals surface area contributed by atoms with Gasteiger partial charge in [-0.2, -0.15) is 0 Å². The van der Waals surface area contributed by atoms with Crippen molar-refractivity contribution in [2.75, 3.05) is 0 Å². The van der Waals surface area contributed by atoms with Crippen molar-refractivity contribution in [1.82, 2.24) is 15.5 Å². The van der Waals surface area contributed by atoms with Gasteiger partial charge in [0.05, 0.1) is 5.25 Å². The van der Waals surface area contributed by atoms with Crippen molar-refractivity contribution < 1.29 is 14.0 Å². The molecule has 0 saturated heterocycles. The van der Waals surface area contributed by atoms with Gasteiger partial charge in [-0.3, -0.25) is 10.1 Å². The molecule has 0 aliphatic carbocycles. The van der Waals surface area contributed by atoms with Gasteiger partial charge < -0.3 is 10.2 Å². The maximum atomic E-state index is 11.6. The average molecular weight is 320 g/mol. The van der Waals surface area contributed by atoms with E-state index < -0.39 is 17.2 Å². The van der Waals surface area contributed by atoms with Gasteiger partial charge in [-0.05, 0) is 44.0 Å². The Balaban J connectivity index is 2.09. The van der Waals surface area contributed by atoms with Crippen LogP contribution in [0.2, 0.25) is 0 Å². The average Bonchev–Trinajstić information content (AvgIpc) is 2.89. The second kappa shape index (κ2) is 6.61. The van der Waals surface area contributed by atoms with E-state index >= 15 is 0 Å². The van der Waals surface area contributed by atoms with Crippen LogP contribution in [-0.4, -0.2) is 27.4 Å². The number of nitrogens with two attached hydrogens (primary N) is 1. The molecular weight excluding hydrogens is 304 g/mol. The summed E-state index contributed by atoms with van der Waals surface area (Å²) in [7, 11) is 0. The maximum Gasteiger partial charge on any atom is 0.318 e. The number of carbonyl (C=O) groups is 2. The second-order valence-corrected chi connectivity index (χ2v) is 6.08. The summed E-state index contributed by atoms with van der Waals surface area (Å²) in [4.78, 5) is 22.2. The van der Waals surface area contributed by atoms with Gasteiger partial charge in [-0.15, -0.1) is 10.2 Å². The summed E-state index contributed by atoms with van der Waals surface area (Å²) >= 11 is 1.06. The fourth-order valence-corrected chi connectivity index (χ4v) is 2.36. The zero-order valence-electron chi connectivity index (χ0n) is 12.4. The van der Waals surface area contributed by atoms with Crippen molar-refractivity contribution in [1.29, 1.82) is 0 Å². The van der Waals surface area contributed by atoms with Crippen molar-refractivity contribution in [2.24, 2.45) is 5.73 Å². The smallest absolute Gasteiger partial charge is 0.318 e. The Bertz CT molecular complexity index is 714. The van der Waals surface area contributed by atoms with Crippen molar-refractivity contribution >= 4 is 23.7 Å². The Labute approximate surface area is 131 Å². The van der Waals surface area contributed by atoms with E-state index in [1.54, 1.807) is 6.92 Å². The fraction of sp³-hybridized carbons (Fsp3) is 0.286. The number of benzene rings is 1. The molecule has 1 atom stereocenters. The molecule has 7 nitrogen and oxygen atoms in total. The Kier molecular flexibility index (Phi) is 4.81. The van der Waals surface area contributed by atoms with Gasteiger partial charge in [-0.1, -0.05) is 17.8 Å². The predicted molar refractivity (Wildman–Crippen MR) is 82.3 cm³/mol. The summed E-state index contributed by atoms with van der Waals surface area (Å²) in [5.74, 6) is -0.128. The van der Waals surface area contributed by atoms with Gasteiger partial charge in [0, 0.05) is 5.56 Å². The van der Waals surface area contributed by atoms with Crippen LogP contribution in [0, 0.1) is 13.8 Å². The first kappa shape index (κ1) is 16.0. The Morgan fingerprint density at radius 2 is 2.00 bits per heavy atom. The molecule has 1 aromatic carbocycles. The minimum Gasteiger partial charge on any atom is -0.411 e. The molecule has 0 aliphatic heterocycles. The lowest BCUT2D eigenvalue weighted by Gasteiger charge is -2.06. The van der Waals surface area contributed by atoms with Crippen LogP contribution in [0.1, 0.15) is 18.1 Å². The highest BCUT2D eigenvalue weighted by Crippen LogP contribution is 2.27. The normalized spacial score (nSPS) is 12.0. The molecule has 0 unspecified atom stereocenters. The largest absolute Gasteiger partial charge is 0.411 e. The number of thioether (sulfide) groups is 1. The number of urea groups is 1. The van der Waals surface area contributed by atoms with Gasteiger partial charge in [0.15, 0.2) is 0 Å². The molecule has 2 aromatic rings. The molecule has 1 heterocycles. The quantitative estimate of drug-likeness (QED) is 0.834. The molecule has 0 aliphatic rings. The van der Waals surface area contributed by atoms with Gasteiger partial charge in [-0.25, -0.2) is 4.79 Å². The first-order valence-electron chi connectivity index (χ1n) is 6.55. The van der Waals surface area contributed by atoms with E-state index in [1.165, 1.54) is 5.56 Å². The number of primary amides is 1. The molecule has 0 fully saturated rings. The SMILES string of the molecule is Cc1ccc(-c2nnc(S[C@@H](C)C(=O)NC(N)=O)o2)cc1C. The molecule has 3 amide bonds. The molecular formula is C14H16N4O3S. The fourth-order valence-electron chi connectivity index (χ4n) is 1.68. The van der Waals surface area contributed by atoms with Crippen LogP contribution in [-0.2, 0) is 4.79 Å². The van der Waals surface area contributed by atoms with Crippen LogP contribution in [0.4, 0.5) is 4.79 Å². The summed E-state index contributed by atoms with van der Waals surface area (Å²) in [6.45, 7) is 5.64. The summed E-state index contributed by atoms with van der Waals surface area (Å²) in [5, 5.41) is 9.54. The molecule has 0 spiro atoms. The number of nitrogens with zero attached hydrogens (tertiary/aromatic N) is 2. The number of carbonyl (C=O) groups excluding carboxylic acids is 2. The van der Waals surface area contributed by atoms with E-state index in [1.807, 2.05) is 37.4 Å². The number of rotatable bonds is 4. The first-order valence-corrected chi connectivity index (χ1v) is 7.43. The summed E-state index contributed by atoms with van der Waals surface area (Å²) in [6.07, 6.45) is 0. The predicted octanol–water partition coefficient (Wildman–Crippen LogP) is 2.03. The third-order valence-electron chi connectivity index (χ3n) is 3.05. The lowest BCUT2D eigenvalue weighted by atomic mass is 10.1. The number of nitrogens with one attached hydrogen (secondary N) is 1. The highest BCUT2D eigenvalue weighted by Gasteiger charge is 2.19. The minimum absolute atomic E-state index is 0.250. The summed E-state index contributed by atoms with van der Waals surface area (Å²) in [6, 6.07) is 4.94. The van der Waals surface area contributed by atoms with Gasteiger partial charge in [0.1, 0.15) is 0 Å². The zero-order chi connectivity index (χ0) is 16.3. The van der Waals surface area contributed by atoms with Crippen molar-refractivity contribution in [3.8, 4) is 11.5 Å². The van der Waals surface area contributed by atoms with Crippen LogP contribution < -0.4 is 11.1 Å². The van der Waals surface area contributed by atoms with E-state index in [4.69, 9.17) is 10.2 Å². The molecule has 116 valence electrons. The molecule has 2 rings (SSSR count). The first-order chi connectivity index (χ1) is 10.4.